The normalized spacial score (nSPS) is 10.6. The van der Waals surface area contributed by atoms with E-state index in [0.29, 0.717) is 17.8 Å². The van der Waals surface area contributed by atoms with Crippen LogP contribution < -0.4 is 0 Å². The number of rotatable bonds is 2. The van der Waals surface area contributed by atoms with Gasteiger partial charge in [0.2, 0.25) is 0 Å². The zero-order valence-electron chi connectivity index (χ0n) is 10.5. The number of hydrogen-bond donors (Lipinski definition) is 0. The SMILES string of the molecule is Fc1cc(F)c(-c2cnc(-c3cnccn3)nc2)c(F)c1. The summed E-state index contributed by atoms with van der Waals surface area (Å²) in [4.78, 5) is 15.9. The molecule has 0 atom stereocenters. The number of nitrogens with zero attached hydrogens (tertiary/aromatic N) is 4. The average Bonchev–Trinajstić information content (AvgIpc) is 2.48. The van der Waals surface area contributed by atoms with Crippen molar-refractivity contribution in [1.82, 2.24) is 19.9 Å². The molecule has 0 aliphatic rings. The van der Waals surface area contributed by atoms with Gasteiger partial charge in [-0.3, -0.25) is 4.98 Å². The van der Waals surface area contributed by atoms with Crippen LogP contribution in [0.5, 0.6) is 0 Å². The molecule has 21 heavy (non-hydrogen) atoms. The van der Waals surface area contributed by atoms with Crippen molar-refractivity contribution in [2.75, 3.05) is 0 Å². The van der Waals surface area contributed by atoms with Crippen LogP contribution in [0, 0.1) is 17.5 Å². The maximum absolute atomic E-state index is 13.7. The van der Waals surface area contributed by atoms with E-state index in [-0.39, 0.29) is 17.0 Å². The van der Waals surface area contributed by atoms with Gasteiger partial charge in [0.1, 0.15) is 23.1 Å². The standard InChI is InChI=1S/C14H7F3N4/c15-9-3-10(16)13(11(17)4-9)8-5-20-14(21-6-8)12-7-18-1-2-19-12/h1-7H. The average molecular weight is 288 g/mol. The second-order valence-corrected chi connectivity index (χ2v) is 4.13. The highest BCUT2D eigenvalue weighted by atomic mass is 19.1. The predicted octanol–water partition coefficient (Wildman–Crippen LogP) is 3.02. The first-order valence-electron chi connectivity index (χ1n) is 5.88. The zero-order chi connectivity index (χ0) is 14.8. The van der Waals surface area contributed by atoms with Gasteiger partial charge in [-0.25, -0.2) is 28.1 Å². The number of aromatic nitrogens is 4. The Hall–Kier alpha value is -2.83. The van der Waals surface area contributed by atoms with Crippen molar-refractivity contribution >= 4 is 0 Å². The minimum atomic E-state index is -1.01. The van der Waals surface area contributed by atoms with E-state index in [1.54, 1.807) is 0 Å². The molecule has 0 unspecified atom stereocenters. The molecule has 0 radical (unpaired) electrons. The van der Waals surface area contributed by atoms with E-state index in [0.717, 1.165) is 0 Å². The van der Waals surface area contributed by atoms with E-state index in [2.05, 4.69) is 19.9 Å². The third-order valence-corrected chi connectivity index (χ3v) is 2.74. The molecule has 3 rings (SSSR count). The molecule has 0 amide bonds. The molecule has 3 aromatic rings. The van der Waals surface area contributed by atoms with E-state index in [1.165, 1.54) is 31.0 Å². The van der Waals surface area contributed by atoms with Crippen LogP contribution >= 0.6 is 0 Å². The molecule has 4 nitrogen and oxygen atoms in total. The van der Waals surface area contributed by atoms with Gasteiger partial charge in [-0.15, -0.1) is 0 Å². The van der Waals surface area contributed by atoms with Gasteiger partial charge in [-0.05, 0) is 0 Å². The van der Waals surface area contributed by atoms with Crippen LogP contribution in [0.4, 0.5) is 13.2 Å². The maximum atomic E-state index is 13.7. The Morgan fingerprint density at radius 1 is 0.762 bits per heavy atom. The summed E-state index contributed by atoms with van der Waals surface area (Å²) >= 11 is 0. The van der Waals surface area contributed by atoms with Crippen LogP contribution in [-0.4, -0.2) is 19.9 Å². The molecule has 0 N–H and O–H groups in total. The Kier molecular flexibility index (Phi) is 3.31. The highest BCUT2D eigenvalue weighted by molar-refractivity contribution is 5.64. The molecule has 0 saturated heterocycles. The third-order valence-electron chi connectivity index (χ3n) is 2.74. The number of benzene rings is 1. The van der Waals surface area contributed by atoms with Crippen LogP contribution in [0.1, 0.15) is 0 Å². The van der Waals surface area contributed by atoms with Crippen LogP contribution in [0.2, 0.25) is 0 Å². The summed E-state index contributed by atoms with van der Waals surface area (Å²) in [7, 11) is 0. The van der Waals surface area contributed by atoms with Crippen molar-refractivity contribution < 1.29 is 13.2 Å². The third kappa shape index (κ3) is 2.58. The first kappa shape index (κ1) is 13.2. The van der Waals surface area contributed by atoms with Gasteiger partial charge >= 0.3 is 0 Å². The van der Waals surface area contributed by atoms with E-state index >= 15 is 0 Å². The van der Waals surface area contributed by atoms with Crippen molar-refractivity contribution in [2.24, 2.45) is 0 Å². The van der Waals surface area contributed by atoms with Crippen LogP contribution in [0.3, 0.4) is 0 Å². The van der Waals surface area contributed by atoms with Gasteiger partial charge in [0.25, 0.3) is 0 Å². The van der Waals surface area contributed by atoms with Crippen LogP contribution in [0.25, 0.3) is 22.6 Å². The summed E-state index contributed by atoms with van der Waals surface area (Å²) in [5.41, 5.74) is 0.170. The fourth-order valence-electron chi connectivity index (χ4n) is 1.82. The quantitative estimate of drug-likeness (QED) is 0.727. The monoisotopic (exact) mass is 288 g/mol. The lowest BCUT2D eigenvalue weighted by atomic mass is 10.1. The minimum Gasteiger partial charge on any atom is -0.261 e. The molecular formula is C14H7F3N4. The molecule has 1 aromatic carbocycles. The molecule has 0 aliphatic heterocycles. The topological polar surface area (TPSA) is 51.6 Å². The fourth-order valence-corrected chi connectivity index (χ4v) is 1.82. The molecule has 0 saturated carbocycles. The molecule has 2 heterocycles. The maximum Gasteiger partial charge on any atom is 0.179 e. The summed E-state index contributed by atoms with van der Waals surface area (Å²) in [6.07, 6.45) is 6.94. The number of hydrogen-bond acceptors (Lipinski definition) is 4. The predicted molar refractivity (Wildman–Crippen MR) is 68.4 cm³/mol. The Bertz CT molecular complexity index is 753. The summed E-state index contributed by atoms with van der Waals surface area (Å²) in [6, 6.07) is 1.21. The second-order valence-electron chi connectivity index (χ2n) is 4.13. The zero-order valence-corrected chi connectivity index (χ0v) is 10.5. The van der Waals surface area contributed by atoms with Crippen molar-refractivity contribution in [3.63, 3.8) is 0 Å². The van der Waals surface area contributed by atoms with E-state index < -0.39 is 17.5 Å². The first-order chi connectivity index (χ1) is 10.1. The Labute approximate surface area is 117 Å². The highest BCUT2D eigenvalue weighted by Gasteiger charge is 2.14. The molecule has 7 heteroatoms. The molecule has 104 valence electrons. The van der Waals surface area contributed by atoms with Crippen molar-refractivity contribution in [3.05, 3.63) is 60.6 Å². The summed E-state index contributed by atoms with van der Waals surface area (Å²) in [5.74, 6) is -2.73. The summed E-state index contributed by atoms with van der Waals surface area (Å²) in [5, 5.41) is 0. The molecule has 2 aromatic heterocycles. The molecule has 0 spiro atoms. The van der Waals surface area contributed by atoms with Gasteiger partial charge in [-0.1, -0.05) is 0 Å². The lowest BCUT2D eigenvalue weighted by Gasteiger charge is -2.05. The summed E-state index contributed by atoms with van der Waals surface area (Å²) in [6.45, 7) is 0. The van der Waals surface area contributed by atoms with Gasteiger partial charge in [-0.2, -0.15) is 0 Å². The first-order valence-corrected chi connectivity index (χ1v) is 5.88. The van der Waals surface area contributed by atoms with Gasteiger partial charge in [0.05, 0.1) is 11.8 Å². The minimum absolute atomic E-state index is 0.109. The Balaban J connectivity index is 2.03. The lowest BCUT2D eigenvalue weighted by molar-refractivity contribution is 0.548. The van der Waals surface area contributed by atoms with Crippen molar-refractivity contribution in [3.8, 4) is 22.6 Å². The Morgan fingerprint density at radius 3 is 2.00 bits per heavy atom. The van der Waals surface area contributed by atoms with Gasteiger partial charge < -0.3 is 0 Å². The van der Waals surface area contributed by atoms with Gasteiger partial charge in [0.15, 0.2) is 5.82 Å². The van der Waals surface area contributed by atoms with Crippen molar-refractivity contribution in [1.29, 1.82) is 0 Å². The second kappa shape index (κ2) is 5.28. The summed E-state index contributed by atoms with van der Waals surface area (Å²) < 4.78 is 40.2. The molecule has 0 fully saturated rings. The fraction of sp³-hybridized carbons (Fsp3) is 0. The molecule has 0 aliphatic carbocycles. The van der Waals surface area contributed by atoms with Crippen LogP contribution in [-0.2, 0) is 0 Å². The van der Waals surface area contributed by atoms with E-state index in [4.69, 9.17) is 0 Å². The van der Waals surface area contributed by atoms with E-state index in [1.807, 2.05) is 0 Å². The molecular weight excluding hydrogens is 281 g/mol. The Morgan fingerprint density at radius 2 is 1.43 bits per heavy atom. The molecule has 0 bridgehead atoms. The lowest BCUT2D eigenvalue weighted by Crippen LogP contribution is -1.96. The largest absolute Gasteiger partial charge is 0.261 e. The van der Waals surface area contributed by atoms with Crippen LogP contribution in [0.15, 0.2) is 43.1 Å². The van der Waals surface area contributed by atoms with E-state index in [9.17, 15) is 13.2 Å². The highest BCUT2D eigenvalue weighted by Crippen LogP contribution is 2.26. The van der Waals surface area contributed by atoms with Crippen molar-refractivity contribution in [2.45, 2.75) is 0 Å². The number of halogens is 3. The van der Waals surface area contributed by atoms with Gasteiger partial charge in [0, 0.05) is 42.5 Å². The smallest absolute Gasteiger partial charge is 0.179 e.